The van der Waals surface area contributed by atoms with Gasteiger partial charge in [0, 0.05) is 18.4 Å². The van der Waals surface area contributed by atoms with Gasteiger partial charge in [0.1, 0.15) is 0 Å². The predicted molar refractivity (Wildman–Crippen MR) is 278 cm³/mol. The van der Waals surface area contributed by atoms with E-state index in [-0.39, 0.29) is 5.54 Å². The van der Waals surface area contributed by atoms with Gasteiger partial charge in [-0.1, -0.05) is 235 Å². The number of nitrogens with one attached hydrogen (secondary N) is 3. The molecule has 328 valence electrons. The third-order valence-electron chi connectivity index (χ3n) is 13.5. The molecule has 1 unspecified atom stereocenters. The lowest BCUT2D eigenvalue weighted by Crippen LogP contribution is -2.45. The molecule has 0 bridgehead atoms. The van der Waals surface area contributed by atoms with Crippen LogP contribution >= 0.6 is 7.04 Å². The normalized spacial score (nSPS) is 13.8. The van der Waals surface area contributed by atoms with Crippen LogP contribution < -0.4 is 15.7 Å². The summed E-state index contributed by atoms with van der Waals surface area (Å²) in [5, 5.41) is 11.7. The fourth-order valence-electron chi connectivity index (χ4n) is 10.3. The van der Waals surface area contributed by atoms with Gasteiger partial charge in [0.25, 0.3) is 0 Å². The van der Waals surface area contributed by atoms with Crippen molar-refractivity contribution in [3.8, 4) is 22.3 Å². The smallest absolute Gasteiger partial charge is 0.0947 e. The van der Waals surface area contributed by atoms with E-state index in [0.717, 1.165) is 44.9 Å². The summed E-state index contributed by atoms with van der Waals surface area (Å²) in [6, 6.07) is 68.5. The first-order valence-corrected chi connectivity index (χ1v) is 26.4. The van der Waals surface area contributed by atoms with Crippen LogP contribution in [0.5, 0.6) is 0 Å². The van der Waals surface area contributed by atoms with Gasteiger partial charge in [-0.25, -0.2) is 0 Å². The van der Waals surface area contributed by atoms with Crippen molar-refractivity contribution in [2.75, 3.05) is 38.5 Å². The van der Waals surface area contributed by atoms with E-state index in [4.69, 9.17) is 6.30 Å². The van der Waals surface area contributed by atoms with Crippen LogP contribution in [0.4, 0.5) is 0 Å². The Kier molecular flexibility index (Phi) is 15.6. The maximum absolute atomic E-state index is 5.04. The molecule has 3 N–H and O–H groups in total. The molecule has 2 aliphatic carbocycles. The third-order valence-corrected chi connectivity index (χ3v) is 16.6. The van der Waals surface area contributed by atoms with Gasteiger partial charge in [-0.15, -0.1) is 0 Å². The molecule has 0 spiro atoms. The van der Waals surface area contributed by atoms with Gasteiger partial charge in [0.05, 0.1) is 5.54 Å². The molecule has 0 radical (unpaired) electrons. The van der Waals surface area contributed by atoms with Gasteiger partial charge in [-0.3, -0.25) is 10.4 Å². The van der Waals surface area contributed by atoms with E-state index < -0.39 is 7.04 Å². The molecule has 4 heteroatoms. The Bertz CT molecular complexity index is 2380. The molecule has 0 saturated carbocycles. The van der Waals surface area contributed by atoms with Crippen LogP contribution in [-0.4, -0.2) is 44.8 Å². The fourth-order valence-corrected chi connectivity index (χ4v) is 13.2. The van der Waals surface area contributed by atoms with E-state index in [1.165, 1.54) is 93.3 Å². The van der Waals surface area contributed by atoms with Gasteiger partial charge in [0.15, 0.2) is 0 Å². The minimum absolute atomic E-state index is 0.323. The highest BCUT2D eigenvalue weighted by Crippen LogP contribution is 2.54. The van der Waals surface area contributed by atoms with Gasteiger partial charge in [-0.2, -0.15) is 0 Å². The van der Waals surface area contributed by atoms with Crippen LogP contribution in [0.15, 0.2) is 188 Å². The van der Waals surface area contributed by atoms with Gasteiger partial charge in [0.2, 0.25) is 0 Å². The van der Waals surface area contributed by atoms with Crippen molar-refractivity contribution in [3.63, 3.8) is 0 Å². The molecule has 2 aliphatic rings. The summed E-state index contributed by atoms with van der Waals surface area (Å²) in [4.78, 5) is 0. The summed E-state index contributed by atoms with van der Waals surface area (Å²) in [5.74, 6) is 0.789. The number of fused-ring (bicyclic) bond motifs is 6. The van der Waals surface area contributed by atoms with Crippen molar-refractivity contribution in [2.24, 2.45) is 0 Å². The van der Waals surface area contributed by atoms with Crippen molar-refractivity contribution >= 4 is 13.3 Å². The SMILES string of the molecule is C=P(CCCNCCC)(CC1c2ccccc2-c2ccccc21)NCC1c2ccccc2-c2ccccc21.CCCCCCNC(c1ccccc1)(c1ccccc1)c1ccccc1. The molecule has 0 aromatic heterocycles. The first-order valence-electron chi connectivity index (χ1n) is 24.0. The number of unbranched alkanes of at least 4 members (excludes halogenated alkanes) is 3. The van der Waals surface area contributed by atoms with Gasteiger partial charge >= 0.3 is 0 Å². The Morgan fingerprint density at radius 3 is 1.30 bits per heavy atom. The highest BCUT2D eigenvalue weighted by Gasteiger charge is 2.36. The lowest BCUT2D eigenvalue weighted by atomic mass is 9.77. The predicted octanol–water partition coefficient (Wildman–Crippen LogP) is 14.1. The van der Waals surface area contributed by atoms with Crippen molar-refractivity contribution in [2.45, 2.75) is 69.7 Å². The first kappa shape index (κ1) is 45.3. The molecule has 9 rings (SSSR count). The van der Waals surface area contributed by atoms with E-state index in [9.17, 15) is 0 Å². The summed E-state index contributed by atoms with van der Waals surface area (Å²) in [7, 11) is -1.69. The molecule has 0 amide bonds. The zero-order valence-electron chi connectivity index (χ0n) is 38.2. The monoisotopic (exact) mass is 862 g/mol. The molecule has 64 heavy (non-hydrogen) atoms. The van der Waals surface area contributed by atoms with E-state index in [2.05, 4.69) is 218 Å². The second-order valence-electron chi connectivity index (χ2n) is 17.8. The summed E-state index contributed by atoms with van der Waals surface area (Å²) >= 11 is 0. The topological polar surface area (TPSA) is 36.1 Å². The number of hydrogen-bond donors (Lipinski definition) is 3. The molecule has 7 aromatic carbocycles. The van der Waals surface area contributed by atoms with Gasteiger partial charge < -0.3 is 5.32 Å². The summed E-state index contributed by atoms with van der Waals surface area (Å²) in [5.41, 5.74) is 15.0. The van der Waals surface area contributed by atoms with Crippen LogP contribution in [0.1, 0.15) is 103 Å². The molecule has 1 atom stereocenters. The van der Waals surface area contributed by atoms with Crippen LogP contribution in [0.3, 0.4) is 0 Å². The van der Waals surface area contributed by atoms with E-state index in [1.807, 2.05) is 0 Å². The van der Waals surface area contributed by atoms with Crippen molar-refractivity contribution in [3.05, 3.63) is 227 Å². The molecular weight excluding hydrogens is 794 g/mol. The van der Waals surface area contributed by atoms with Crippen LogP contribution in [0, 0.1) is 0 Å². The molecule has 0 saturated heterocycles. The third kappa shape index (κ3) is 10.1. The minimum Gasteiger partial charge on any atom is -0.317 e. The van der Waals surface area contributed by atoms with Crippen LogP contribution in [0.25, 0.3) is 22.3 Å². The summed E-state index contributed by atoms with van der Waals surface area (Å²) < 4.78 is 0. The number of rotatable bonds is 20. The highest BCUT2D eigenvalue weighted by molar-refractivity contribution is 7.71. The fraction of sp³-hybridized carbons (Fsp3) is 0.283. The average Bonchev–Trinajstić information content (AvgIpc) is 3.85. The second kappa shape index (κ2) is 22.1. The maximum Gasteiger partial charge on any atom is 0.0947 e. The molecule has 0 fully saturated rings. The minimum atomic E-state index is -1.69. The van der Waals surface area contributed by atoms with Crippen LogP contribution in [0.2, 0.25) is 0 Å². The Hall–Kier alpha value is -5.28. The number of benzene rings is 7. The van der Waals surface area contributed by atoms with Crippen LogP contribution in [-0.2, 0) is 5.54 Å². The Balaban J connectivity index is 0.000000189. The van der Waals surface area contributed by atoms with Crippen molar-refractivity contribution < 1.29 is 0 Å². The zero-order valence-corrected chi connectivity index (χ0v) is 39.1. The van der Waals surface area contributed by atoms with Crippen molar-refractivity contribution in [1.29, 1.82) is 0 Å². The zero-order chi connectivity index (χ0) is 44.0. The standard InChI is InChI=1S/C35H39N2P.C25H29N/c1-3-21-36-22-12-23-38(2,25-35-32-19-10-6-15-28(32)29-16-7-11-20-33(29)35)37-24-34-30-17-8-4-13-26(30)27-14-5-9-18-31(27)34;1-2-3-4-14-21-26-25(22-15-8-5-9-16-22,23-17-10-6-11-18-23)24-19-12-7-13-20-24/h4-11,13-20,34-37H,2-3,12,21-25H2,1H3;5-13,15-20,26H,2-4,14,21H2,1H3. The van der Waals surface area contributed by atoms with E-state index >= 15 is 0 Å². The second-order valence-corrected chi connectivity index (χ2v) is 21.2. The van der Waals surface area contributed by atoms with Crippen molar-refractivity contribution in [1.82, 2.24) is 15.7 Å². The summed E-state index contributed by atoms with van der Waals surface area (Å²) in [6.07, 6.45) is 14.7. The maximum atomic E-state index is 5.04. The molecular formula is C60H68N3P. The molecule has 3 nitrogen and oxygen atoms in total. The lowest BCUT2D eigenvalue weighted by molar-refractivity contribution is 0.457. The van der Waals surface area contributed by atoms with E-state index in [1.54, 1.807) is 0 Å². The summed E-state index contributed by atoms with van der Waals surface area (Å²) in [6.45, 7) is 8.60. The lowest BCUT2D eigenvalue weighted by Gasteiger charge is -2.37. The average molecular weight is 862 g/mol. The first-order chi connectivity index (χ1) is 31.6. The Labute approximate surface area is 384 Å². The molecule has 7 aromatic rings. The van der Waals surface area contributed by atoms with E-state index in [0.29, 0.717) is 11.8 Å². The quantitative estimate of drug-likeness (QED) is 0.0406. The molecule has 0 aliphatic heterocycles. The molecule has 0 heterocycles. The largest absolute Gasteiger partial charge is 0.317 e. The highest BCUT2D eigenvalue weighted by atomic mass is 31.2. The Morgan fingerprint density at radius 1 is 0.438 bits per heavy atom. The van der Waals surface area contributed by atoms with Gasteiger partial charge in [-0.05, 0) is 112 Å². The number of hydrogen-bond acceptors (Lipinski definition) is 3. The Morgan fingerprint density at radius 2 is 0.859 bits per heavy atom.